The lowest BCUT2D eigenvalue weighted by atomic mass is 9.96. The van der Waals surface area contributed by atoms with Crippen molar-refractivity contribution in [2.45, 2.75) is 44.7 Å². The van der Waals surface area contributed by atoms with Gasteiger partial charge in [0.1, 0.15) is 5.54 Å². The van der Waals surface area contributed by atoms with Crippen LogP contribution < -0.4 is 5.32 Å². The van der Waals surface area contributed by atoms with E-state index in [1.165, 1.54) is 0 Å². The fourth-order valence-electron chi connectivity index (χ4n) is 3.41. The van der Waals surface area contributed by atoms with Crippen molar-refractivity contribution in [3.8, 4) is 0 Å². The number of aromatic nitrogens is 5. The van der Waals surface area contributed by atoms with Gasteiger partial charge >= 0.3 is 0 Å². The van der Waals surface area contributed by atoms with Gasteiger partial charge in [-0.25, -0.2) is 4.68 Å². The number of carbonyl (C=O) groups is 1. The van der Waals surface area contributed by atoms with Gasteiger partial charge in [-0.3, -0.25) is 4.79 Å². The second-order valence-corrected chi connectivity index (χ2v) is 6.67. The molecule has 134 valence electrons. The van der Waals surface area contributed by atoms with Gasteiger partial charge in [0.05, 0.1) is 12.7 Å². The number of nitrogens with zero attached hydrogens (tertiary/aromatic N) is 5. The van der Waals surface area contributed by atoms with Gasteiger partial charge in [-0.15, -0.1) is 5.10 Å². The van der Waals surface area contributed by atoms with Crippen LogP contribution >= 0.6 is 0 Å². The molecule has 3 aromatic rings. The molecule has 1 amide bonds. The highest BCUT2D eigenvalue weighted by atomic mass is 16.5. The zero-order valence-electron chi connectivity index (χ0n) is 14.6. The first-order valence-electron chi connectivity index (χ1n) is 8.72. The highest BCUT2D eigenvalue weighted by Crippen LogP contribution is 2.37. The Kier molecular flexibility index (Phi) is 4.24. The maximum Gasteiger partial charge on any atom is 0.274 e. The van der Waals surface area contributed by atoms with E-state index in [-0.39, 0.29) is 11.6 Å². The second kappa shape index (κ2) is 6.70. The first-order chi connectivity index (χ1) is 12.6. The average molecular weight is 352 g/mol. The van der Waals surface area contributed by atoms with Gasteiger partial charge in [0.2, 0.25) is 5.89 Å². The van der Waals surface area contributed by atoms with Crippen LogP contribution in [0.5, 0.6) is 0 Å². The van der Waals surface area contributed by atoms with E-state index in [9.17, 15) is 4.79 Å². The smallest absolute Gasteiger partial charge is 0.274 e. The van der Waals surface area contributed by atoms with Crippen LogP contribution in [0, 0.1) is 6.92 Å². The molecule has 26 heavy (non-hydrogen) atoms. The Balaban J connectivity index is 1.50. The van der Waals surface area contributed by atoms with Crippen molar-refractivity contribution in [1.29, 1.82) is 0 Å². The lowest BCUT2D eigenvalue weighted by Gasteiger charge is -2.26. The molecule has 1 saturated carbocycles. The Labute approximate surface area is 150 Å². The van der Waals surface area contributed by atoms with Gasteiger partial charge in [0.25, 0.3) is 5.91 Å². The number of hydrogen-bond donors (Lipinski definition) is 1. The van der Waals surface area contributed by atoms with Crippen LogP contribution in [-0.2, 0) is 12.1 Å². The Bertz CT molecular complexity index is 895. The summed E-state index contributed by atoms with van der Waals surface area (Å²) in [7, 11) is 0. The largest absolute Gasteiger partial charge is 0.340 e. The number of amides is 1. The monoisotopic (exact) mass is 352 g/mol. The molecule has 2 heterocycles. The van der Waals surface area contributed by atoms with E-state index in [0.717, 1.165) is 31.2 Å². The van der Waals surface area contributed by atoms with Crippen molar-refractivity contribution in [2.24, 2.45) is 0 Å². The van der Waals surface area contributed by atoms with Crippen LogP contribution in [0.25, 0.3) is 0 Å². The zero-order valence-corrected chi connectivity index (χ0v) is 14.6. The fraction of sp³-hybridized carbons (Fsp3) is 0.389. The minimum atomic E-state index is -0.585. The molecule has 0 spiro atoms. The van der Waals surface area contributed by atoms with E-state index >= 15 is 0 Å². The minimum absolute atomic E-state index is 0.270. The van der Waals surface area contributed by atoms with Crippen LogP contribution in [0.1, 0.15) is 53.5 Å². The first-order valence-corrected chi connectivity index (χ1v) is 8.72. The summed E-state index contributed by atoms with van der Waals surface area (Å²) in [5.41, 5.74) is 0.796. The molecule has 0 radical (unpaired) electrons. The van der Waals surface area contributed by atoms with Crippen molar-refractivity contribution in [1.82, 2.24) is 30.5 Å². The summed E-state index contributed by atoms with van der Waals surface area (Å²) in [6.07, 6.45) is 5.25. The minimum Gasteiger partial charge on any atom is -0.340 e. The predicted octanol–water partition coefficient (Wildman–Crippen LogP) is 2.22. The van der Waals surface area contributed by atoms with E-state index in [1.807, 2.05) is 30.3 Å². The Morgan fingerprint density at radius 1 is 1.27 bits per heavy atom. The standard InChI is InChI=1S/C18H20N6O2/c1-13-19-17(22-26-13)18(9-5-6-10-18)20-16(25)15-12-24(23-21-15)11-14-7-3-2-4-8-14/h2-4,7-8,12H,5-6,9-11H2,1H3,(H,20,25). The second-order valence-electron chi connectivity index (χ2n) is 6.67. The molecule has 0 aliphatic heterocycles. The van der Waals surface area contributed by atoms with Crippen molar-refractivity contribution in [2.75, 3.05) is 0 Å². The van der Waals surface area contributed by atoms with Gasteiger partial charge in [-0.2, -0.15) is 4.98 Å². The van der Waals surface area contributed by atoms with Gasteiger partial charge in [0, 0.05) is 6.92 Å². The van der Waals surface area contributed by atoms with Gasteiger partial charge in [-0.05, 0) is 18.4 Å². The van der Waals surface area contributed by atoms with Crippen LogP contribution in [0.15, 0.2) is 41.1 Å². The molecule has 1 aromatic carbocycles. The van der Waals surface area contributed by atoms with E-state index < -0.39 is 5.54 Å². The topological polar surface area (TPSA) is 98.7 Å². The summed E-state index contributed by atoms with van der Waals surface area (Å²) < 4.78 is 6.77. The SMILES string of the molecule is Cc1nc(C2(NC(=O)c3cn(Cc4ccccc4)nn3)CCCC2)no1. The molecule has 1 aliphatic carbocycles. The van der Waals surface area contributed by atoms with Gasteiger partial charge in [0.15, 0.2) is 11.5 Å². The molecule has 2 aromatic heterocycles. The number of aryl methyl sites for hydroxylation is 1. The predicted molar refractivity (Wildman–Crippen MR) is 92.2 cm³/mol. The molecular formula is C18H20N6O2. The van der Waals surface area contributed by atoms with E-state index in [2.05, 4.69) is 25.8 Å². The number of nitrogens with one attached hydrogen (secondary N) is 1. The van der Waals surface area contributed by atoms with Crippen LogP contribution in [0.2, 0.25) is 0 Å². The molecule has 4 rings (SSSR count). The summed E-state index contributed by atoms with van der Waals surface area (Å²) in [4.78, 5) is 17.1. The van der Waals surface area contributed by atoms with Gasteiger partial charge < -0.3 is 9.84 Å². The zero-order chi connectivity index (χ0) is 18.0. The molecule has 0 unspecified atom stereocenters. The molecule has 1 fully saturated rings. The molecular weight excluding hydrogens is 332 g/mol. The normalized spacial score (nSPS) is 15.9. The van der Waals surface area contributed by atoms with Crippen molar-refractivity contribution >= 4 is 5.91 Å². The number of benzene rings is 1. The lowest BCUT2D eigenvalue weighted by molar-refractivity contribution is 0.0886. The van der Waals surface area contributed by atoms with Crippen molar-refractivity contribution in [3.05, 3.63) is 59.5 Å². The highest BCUT2D eigenvalue weighted by Gasteiger charge is 2.41. The molecule has 0 atom stereocenters. The average Bonchev–Trinajstić information content (AvgIpc) is 3.37. The van der Waals surface area contributed by atoms with E-state index in [0.29, 0.717) is 18.3 Å². The number of rotatable bonds is 5. The third-order valence-corrected chi connectivity index (χ3v) is 4.72. The third-order valence-electron chi connectivity index (χ3n) is 4.72. The highest BCUT2D eigenvalue weighted by molar-refractivity contribution is 5.92. The maximum absolute atomic E-state index is 12.7. The molecule has 0 bridgehead atoms. The van der Waals surface area contributed by atoms with Crippen molar-refractivity contribution < 1.29 is 9.32 Å². The third kappa shape index (κ3) is 3.22. The van der Waals surface area contributed by atoms with Crippen molar-refractivity contribution in [3.63, 3.8) is 0 Å². The van der Waals surface area contributed by atoms with Crippen LogP contribution in [-0.4, -0.2) is 31.0 Å². The van der Waals surface area contributed by atoms with Crippen LogP contribution in [0.4, 0.5) is 0 Å². The quantitative estimate of drug-likeness (QED) is 0.756. The number of carbonyl (C=O) groups excluding carboxylic acids is 1. The van der Waals surface area contributed by atoms with Crippen LogP contribution in [0.3, 0.4) is 0 Å². The number of hydrogen-bond acceptors (Lipinski definition) is 6. The Morgan fingerprint density at radius 2 is 2.04 bits per heavy atom. The van der Waals surface area contributed by atoms with E-state index in [1.54, 1.807) is 17.8 Å². The molecule has 8 nitrogen and oxygen atoms in total. The summed E-state index contributed by atoms with van der Waals surface area (Å²) in [6, 6.07) is 9.92. The molecule has 1 aliphatic rings. The first kappa shape index (κ1) is 16.4. The van der Waals surface area contributed by atoms with Gasteiger partial charge in [-0.1, -0.05) is 53.5 Å². The van der Waals surface area contributed by atoms with E-state index in [4.69, 9.17) is 4.52 Å². The lowest BCUT2D eigenvalue weighted by Crippen LogP contribution is -2.44. The molecule has 0 saturated heterocycles. The summed E-state index contributed by atoms with van der Waals surface area (Å²) >= 11 is 0. The summed E-state index contributed by atoms with van der Waals surface area (Å²) in [6.45, 7) is 2.31. The maximum atomic E-state index is 12.7. The summed E-state index contributed by atoms with van der Waals surface area (Å²) in [5.74, 6) is 0.764. The summed E-state index contributed by atoms with van der Waals surface area (Å²) in [5, 5.41) is 15.2. The fourth-order valence-corrected chi connectivity index (χ4v) is 3.41. The Morgan fingerprint density at radius 3 is 2.73 bits per heavy atom. The Hall–Kier alpha value is -3.03. The molecule has 8 heteroatoms. The molecule has 1 N–H and O–H groups in total.